The Bertz CT molecular complexity index is 1460. The zero-order valence-electron chi connectivity index (χ0n) is 18.2. The summed E-state index contributed by atoms with van der Waals surface area (Å²) >= 11 is 0. The fourth-order valence-electron chi connectivity index (χ4n) is 3.73. The minimum absolute atomic E-state index is 0.162. The second-order valence-corrected chi connectivity index (χ2v) is 7.77. The molecule has 0 unspecified atom stereocenters. The van der Waals surface area contributed by atoms with Crippen molar-refractivity contribution >= 4 is 28.5 Å². The van der Waals surface area contributed by atoms with Crippen LogP contribution in [0.1, 0.15) is 21.5 Å². The molecule has 2 aromatic carbocycles. The van der Waals surface area contributed by atoms with Crippen LogP contribution in [0.4, 0.5) is 10.5 Å². The van der Waals surface area contributed by atoms with Crippen LogP contribution < -0.4 is 10.6 Å². The van der Waals surface area contributed by atoms with Crippen molar-refractivity contribution in [3.63, 3.8) is 0 Å². The van der Waals surface area contributed by atoms with Crippen LogP contribution in [-0.4, -0.2) is 26.8 Å². The number of hydrogen-bond acceptors (Lipinski definition) is 4. The topological polar surface area (TPSA) is 99.8 Å². The highest BCUT2D eigenvalue weighted by atomic mass is 16.2. The van der Waals surface area contributed by atoms with Crippen molar-refractivity contribution in [1.82, 2.24) is 20.3 Å². The summed E-state index contributed by atoms with van der Waals surface area (Å²) in [5.74, 6) is -0.162. The first-order valence-corrected chi connectivity index (χ1v) is 10.8. The largest absolute Gasteiger partial charge is 0.345 e. The molecule has 3 N–H and O–H groups in total. The summed E-state index contributed by atoms with van der Waals surface area (Å²) in [4.78, 5) is 37.3. The van der Waals surface area contributed by atoms with E-state index in [0.29, 0.717) is 29.0 Å². The first kappa shape index (κ1) is 21.1. The number of carbonyl (C=O) groups is 2. The smallest absolute Gasteiger partial charge is 0.319 e. The predicted molar refractivity (Wildman–Crippen MR) is 131 cm³/mol. The molecule has 166 valence electrons. The second kappa shape index (κ2) is 9.38. The molecule has 0 radical (unpaired) electrons. The Morgan fingerprint density at radius 3 is 2.59 bits per heavy atom. The third-order valence-corrected chi connectivity index (χ3v) is 5.45. The summed E-state index contributed by atoms with van der Waals surface area (Å²) in [5, 5.41) is 6.33. The van der Waals surface area contributed by atoms with Gasteiger partial charge in [0.25, 0.3) is 0 Å². The number of anilines is 1. The van der Waals surface area contributed by atoms with Gasteiger partial charge >= 0.3 is 6.03 Å². The number of aromatic amines is 1. The van der Waals surface area contributed by atoms with Crippen LogP contribution in [0, 0.1) is 0 Å². The Balaban J connectivity index is 1.35. The molecule has 0 atom stereocenters. The van der Waals surface area contributed by atoms with Crippen LogP contribution in [0.25, 0.3) is 22.2 Å². The molecule has 0 fully saturated rings. The lowest BCUT2D eigenvalue weighted by Crippen LogP contribution is -2.28. The van der Waals surface area contributed by atoms with Crippen LogP contribution in [0.15, 0.2) is 97.6 Å². The molecule has 0 aliphatic heterocycles. The quantitative estimate of drug-likeness (QED) is 0.312. The number of fused-ring (bicyclic) bond motifs is 1. The van der Waals surface area contributed by atoms with Gasteiger partial charge in [0.15, 0.2) is 5.78 Å². The van der Waals surface area contributed by atoms with Gasteiger partial charge in [0, 0.05) is 64.7 Å². The average Bonchev–Trinajstić information content (AvgIpc) is 3.32. The van der Waals surface area contributed by atoms with E-state index in [0.717, 1.165) is 22.1 Å². The number of nitrogens with one attached hydrogen (secondary N) is 3. The fraction of sp³-hybridized carbons (Fsp3) is 0.0370. The Hall–Kier alpha value is -4.78. The summed E-state index contributed by atoms with van der Waals surface area (Å²) in [6.45, 7) is 0.410. The Labute approximate surface area is 195 Å². The minimum atomic E-state index is -0.342. The maximum atomic E-state index is 13.3. The van der Waals surface area contributed by atoms with Gasteiger partial charge in [-0.1, -0.05) is 48.5 Å². The van der Waals surface area contributed by atoms with E-state index in [4.69, 9.17) is 0 Å². The van der Waals surface area contributed by atoms with Crippen molar-refractivity contribution in [2.45, 2.75) is 6.54 Å². The van der Waals surface area contributed by atoms with Gasteiger partial charge in [-0.2, -0.15) is 0 Å². The molecular weight excluding hydrogens is 426 g/mol. The molecule has 7 heteroatoms. The highest BCUT2D eigenvalue weighted by Crippen LogP contribution is 2.26. The third kappa shape index (κ3) is 4.54. The lowest BCUT2D eigenvalue weighted by molar-refractivity contribution is 0.104. The van der Waals surface area contributed by atoms with E-state index >= 15 is 0 Å². The molecule has 0 saturated carbocycles. The van der Waals surface area contributed by atoms with Crippen molar-refractivity contribution in [1.29, 1.82) is 0 Å². The van der Waals surface area contributed by atoms with Crippen molar-refractivity contribution in [2.75, 3.05) is 5.32 Å². The molecule has 34 heavy (non-hydrogen) atoms. The van der Waals surface area contributed by atoms with Crippen molar-refractivity contribution < 1.29 is 9.59 Å². The Morgan fingerprint density at radius 1 is 0.882 bits per heavy atom. The normalized spacial score (nSPS) is 10.7. The molecule has 3 heterocycles. The van der Waals surface area contributed by atoms with E-state index in [-0.39, 0.29) is 11.8 Å². The molecule has 3 aromatic heterocycles. The standard InChI is InChI=1S/C27H21N5O2/c33-25(24-17-30-26-23(24)13-21(16-29-26)20-9-5-11-28-15-20)19-8-4-10-22(12-19)32-27(34)31-14-18-6-2-1-3-7-18/h1-13,15-17H,14H2,(H,29,30)(H2,31,32,34). The average molecular weight is 447 g/mol. The number of ketones is 1. The van der Waals surface area contributed by atoms with E-state index in [2.05, 4.69) is 25.6 Å². The van der Waals surface area contributed by atoms with Gasteiger partial charge in [-0.05, 0) is 29.8 Å². The molecule has 0 spiro atoms. The predicted octanol–water partition coefficient (Wildman–Crippen LogP) is 5.18. The Morgan fingerprint density at radius 2 is 1.76 bits per heavy atom. The maximum absolute atomic E-state index is 13.3. The monoisotopic (exact) mass is 447 g/mol. The van der Waals surface area contributed by atoms with Crippen molar-refractivity contribution in [2.24, 2.45) is 0 Å². The number of amides is 2. The van der Waals surface area contributed by atoms with Gasteiger partial charge in [-0.15, -0.1) is 0 Å². The number of carbonyl (C=O) groups excluding carboxylic acids is 2. The molecular formula is C27H21N5O2. The van der Waals surface area contributed by atoms with Crippen molar-refractivity contribution in [3.8, 4) is 11.1 Å². The second-order valence-electron chi connectivity index (χ2n) is 7.77. The summed E-state index contributed by atoms with van der Waals surface area (Å²) in [6, 6.07) is 21.9. The van der Waals surface area contributed by atoms with E-state index in [1.807, 2.05) is 48.5 Å². The third-order valence-electron chi connectivity index (χ3n) is 5.45. The molecule has 5 aromatic rings. The molecule has 0 saturated heterocycles. The molecule has 2 amide bonds. The van der Waals surface area contributed by atoms with E-state index < -0.39 is 0 Å². The number of aromatic nitrogens is 3. The first-order chi connectivity index (χ1) is 16.7. The summed E-state index contributed by atoms with van der Waals surface area (Å²) < 4.78 is 0. The lowest BCUT2D eigenvalue weighted by Gasteiger charge is -2.09. The first-order valence-electron chi connectivity index (χ1n) is 10.8. The molecule has 0 bridgehead atoms. The SMILES string of the molecule is O=C(NCc1ccccc1)Nc1cccc(C(=O)c2c[nH]c3ncc(-c4cccnc4)cc23)c1. The summed E-state index contributed by atoms with van der Waals surface area (Å²) in [7, 11) is 0. The Kier molecular flexibility index (Phi) is 5.82. The lowest BCUT2D eigenvalue weighted by atomic mass is 10.0. The number of rotatable bonds is 6. The number of benzene rings is 2. The number of hydrogen-bond donors (Lipinski definition) is 3. The van der Waals surface area contributed by atoms with Gasteiger partial charge in [-0.3, -0.25) is 9.78 Å². The van der Waals surface area contributed by atoms with Gasteiger partial charge < -0.3 is 15.6 Å². The van der Waals surface area contributed by atoms with Gasteiger partial charge in [0.1, 0.15) is 5.65 Å². The number of urea groups is 1. The zero-order chi connectivity index (χ0) is 23.3. The highest BCUT2D eigenvalue weighted by molar-refractivity contribution is 6.16. The number of nitrogens with zero attached hydrogens (tertiary/aromatic N) is 2. The summed E-state index contributed by atoms with van der Waals surface area (Å²) in [6.07, 6.45) is 6.89. The number of H-pyrrole nitrogens is 1. The van der Waals surface area contributed by atoms with E-state index in [1.54, 1.807) is 49.1 Å². The van der Waals surface area contributed by atoms with Crippen LogP contribution in [0.2, 0.25) is 0 Å². The van der Waals surface area contributed by atoms with Crippen molar-refractivity contribution in [3.05, 3.63) is 114 Å². The summed E-state index contributed by atoms with van der Waals surface area (Å²) in [5.41, 5.74) is 4.94. The van der Waals surface area contributed by atoms with E-state index in [1.165, 1.54) is 0 Å². The minimum Gasteiger partial charge on any atom is -0.345 e. The molecule has 5 rings (SSSR count). The van der Waals surface area contributed by atoms with E-state index in [9.17, 15) is 9.59 Å². The fourth-order valence-corrected chi connectivity index (χ4v) is 3.73. The van der Waals surface area contributed by atoms with Crippen LogP contribution in [0.3, 0.4) is 0 Å². The van der Waals surface area contributed by atoms with Gasteiger partial charge in [0.05, 0.1) is 0 Å². The van der Waals surface area contributed by atoms with Gasteiger partial charge in [-0.25, -0.2) is 9.78 Å². The number of pyridine rings is 2. The van der Waals surface area contributed by atoms with Crippen LogP contribution in [-0.2, 0) is 6.54 Å². The zero-order valence-corrected chi connectivity index (χ0v) is 18.2. The molecule has 0 aliphatic carbocycles. The molecule has 0 aliphatic rings. The maximum Gasteiger partial charge on any atom is 0.319 e. The van der Waals surface area contributed by atoms with Crippen LogP contribution in [0.5, 0.6) is 0 Å². The van der Waals surface area contributed by atoms with Crippen LogP contribution >= 0.6 is 0 Å². The van der Waals surface area contributed by atoms with Gasteiger partial charge in [0.2, 0.25) is 0 Å². The molecule has 7 nitrogen and oxygen atoms in total. The highest BCUT2D eigenvalue weighted by Gasteiger charge is 2.16.